The molecule has 106 heavy (non-hydrogen) atoms. The second kappa shape index (κ2) is 24.0. The van der Waals surface area contributed by atoms with Gasteiger partial charge in [-0.05, 0) is 175 Å². The molecule has 0 bridgehead atoms. The van der Waals surface area contributed by atoms with E-state index in [0.717, 1.165) is 175 Å². The fourth-order valence-corrected chi connectivity index (χ4v) is 19.2. The Morgan fingerprint density at radius 1 is 0.245 bits per heavy atom. The van der Waals surface area contributed by atoms with Gasteiger partial charge >= 0.3 is 5.97 Å². The molecule has 0 heterocycles. The van der Waals surface area contributed by atoms with Crippen LogP contribution in [0.3, 0.4) is 0 Å². The van der Waals surface area contributed by atoms with Crippen LogP contribution >= 0.6 is 0 Å². The Morgan fingerprint density at radius 2 is 0.425 bits per heavy atom. The SMILES string of the molecule is COC(=O)C1(NC(=O)C2(NC(=O)C3(NC(=O)C4(N)Cc5ccc6ccccc6c5-c5c(ccc6ccccc56)C4)Cc4ccc5ccccc5c4-c4c(ccc5ccccc45)C3)Cc3ccc4ccccc4c3-c3c(ccc4ccccc34)C2)Cc2ccc3ccccc3c2-c2c(ccc3ccccc23)C1. The number of hydrogen-bond acceptors (Lipinski definition) is 6. The molecule has 4 aliphatic rings. The first-order valence-electron chi connectivity index (χ1n) is 36.8. The Morgan fingerprint density at radius 3 is 0.642 bits per heavy atom. The van der Waals surface area contributed by atoms with Crippen LogP contribution in [0.25, 0.3) is 131 Å². The Balaban J connectivity index is 0.817. The molecule has 0 aromatic heterocycles. The number of ether oxygens (including phenoxy) is 1. The van der Waals surface area contributed by atoms with Crippen molar-refractivity contribution in [3.05, 3.63) is 336 Å². The van der Waals surface area contributed by atoms with E-state index in [4.69, 9.17) is 10.5 Å². The number of nitrogens with one attached hydrogen (secondary N) is 3. The molecule has 0 aliphatic heterocycles. The van der Waals surface area contributed by atoms with Crippen LogP contribution in [0.4, 0.5) is 0 Å². The van der Waals surface area contributed by atoms with Crippen LogP contribution in [0.2, 0.25) is 0 Å². The van der Waals surface area contributed by atoms with Crippen LogP contribution < -0.4 is 21.7 Å². The fraction of sp³-hybridized carbons (Fsp3) is 0.134. The molecule has 9 nitrogen and oxygen atoms in total. The van der Waals surface area contributed by atoms with Crippen LogP contribution in [0.15, 0.2) is 291 Å². The second-order valence-electron chi connectivity index (χ2n) is 30.2. The lowest BCUT2D eigenvalue weighted by molar-refractivity contribution is -0.152. The first-order chi connectivity index (χ1) is 51.9. The smallest absolute Gasteiger partial charge is 0.332 e. The van der Waals surface area contributed by atoms with E-state index in [2.05, 4.69) is 259 Å². The van der Waals surface area contributed by atoms with Gasteiger partial charge in [-0.3, -0.25) is 14.4 Å². The maximum atomic E-state index is 18.2. The fourth-order valence-electron chi connectivity index (χ4n) is 19.2. The van der Waals surface area contributed by atoms with Crippen molar-refractivity contribution in [1.29, 1.82) is 0 Å². The minimum absolute atomic E-state index is 0.00595. The molecule has 16 aromatic carbocycles. The minimum atomic E-state index is -1.93. The van der Waals surface area contributed by atoms with E-state index in [-0.39, 0.29) is 51.4 Å². The summed E-state index contributed by atoms with van der Waals surface area (Å²) < 4.78 is 6.05. The summed E-state index contributed by atoms with van der Waals surface area (Å²) in [6.45, 7) is 0. The van der Waals surface area contributed by atoms with E-state index in [1.54, 1.807) is 0 Å². The van der Waals surface area contributed by atoms with Gasteiger partial charge in [0.2, 0.25) is 17.7 Å². The third-order valence-electron chi connectivity index (χ3n) is 24.0. The van der Waals surface area contributed by atoms with Gasteiger partial charge in [-0.2, -0.15) is 0 Å². The topological polar surface area (TPSA) is 140 Å². The molecule has 0 saturated carbocycles. The summed E-state index contributed by atoms with van der Waals surface area (Å²) in [6.07, 6.45) is 0.295. The van der Waals surface area contributed by atoms with Gasteiger partial charge in [-0.15, -0.1) is 0 Å². The average Bonchev–Trinajstić information content (AvgIpc) is 1.55. The standard InChI is InChI=1S/C97H72N4O5/c1-106-93(105)97(56-72-48-40-64-24-8-16-32-80(64)88(72)89-73(57-97)49-41-65-25-9-17-33-81(65)89)101-92(104)96(54-70-46-38-62-22-6-14-30-78(62)86(70)87-71(55-96)47-39-63-23-7-15-31-79(63)87)100-91(103)95(52-68-44-36-60-20-4-12-28-76(60)84(68)85-69(53-95)45-37-61-21-5-13-29-77(61)85)99-90(102)94(98)50-66-42-34-58-18-2-10-26-74(58)82(66)83-67(51-94)43-35-59-19-3-11-27-75(59)83/h2-49H,50-57,98H2,1H3,(H,99,102)(H,100,103)(H,101,104). The van der Waals surface area contributed by atoms with Crippen molar-refractivity contribution in [3.8, 4) is 44.5 Å². The van der Waals surface area contributed by atoms with Gasteiger partial charge in [0.15, 0.2) is 0 Å². The third-order valence-corrected chi connectivity index (χ3v) is 24.0. The van der Waals surface area contributed by atoms with E-state index in [1.807, 2.05) is 48.5 Å². The molecular formula is C97H72N4O5. The van der Waals surface area contributed by atoms with Crippen LogP contribution in [-0.4, -0.2) is 53.0 Å². The van der Waals surface area contributed by atoms with Crippen LogP contribution in [0.5, 0.6) is 0 Å². The van der Waals surface area contributed by atoms with Crippen molar-refractivity contribution in [2.45, 2.75) is 73.5 Å². The predicted octanol–water partition coefficient (Wildman–Crippen LogP) is 18.5. The van der Waals surface area contributed by atoms with E-state index in [9.17, 15) is 0 Å². The number of fused-ring (bicyclic) bond motifs is 28. The monoisotopic (exact) mass is 1370 g/mol. The van der Waals surface area contributed by atoms with Crippen molar-refractivity contribution in [2.24, 2.45) is 5.73 Å². The second-order valence-corrected chi connectivity index (χ2v) is 30.2. The summed E-state index contributed by atoms with van der Waals surface area (Å²) in [5.41, 5.74) is 15.5. The van der Waals surface area contributed by atoms with E-state index in [0.29, 0.717) is 0 Å². The number of methoxy groups -OCH3 is 1. The first kappa shape index (κ1) is 63.2. The summed E-state index contributed by atoms with van der Waals surface area (Å²) in [5.74, 6) is -2.31. The number of carbonyl (C=O) groups excluding carboxylic acids is 4. The normalized spacial score (nSPS) is 15.6. The van der Waals surface area contributed by atoms with Gasteiger partial charge in [0, 0.05) is 51.4 Å². The van der Waals surface area contributed by atoms with Crippen molar-refractivity contribution in [1.82, 2.24) is 16.0 Å². The molecule has 0 fully saturated rings. The molecule has 5 N–H and O–H groups in total. The highest BCUT2D eigenvalue weighted by atomic mass is 16.5. The zero-order valence-electron chi connectivity index (χ0n) is 58.5. The lowest BCUT2D eigenvalue weighted by atomic mass is 9.78. The maximum absolute atomic E-state index is 18.2. The molecule has 0 radical (unpaired) electrons. The lowest BCUT2D eigenvalue weighted by Crippen LogP contribution is -2.73. The predicted molar refractivity (Wildman–Crippen MR) is 429 cm³/mol. The Kier molecular flexibility index (Phi) is 14.3. The van der Waals surface area contributed by atoms with Crippen LogP contribution in [0.1, 0.15) is 44.5 Å². The zero-order chi connectivity index (χ0) is 71.2. The van der Waals surface area contributed by atoms with E-state index in [1.165, 1.54) is 7.11 Å². The van der Waals surface area contributed by atoms with Gasteiger partial charge in [-0.1, -0.05) is 291 Å². The maximum Gasteiger partial charge on any atom is 0.332 e. The van der Waals surface area contributed by atoms with Crippen LogP contribution in [-0.2, 0) is 75.3 Å². The number of nitrogens with two attached hydrogens (primary N) is 1. The highest BCUT2D eigenvalue weighted by Gasteiger charge is 2.55. The Bertz CT molecular complexity index is 6180. The number of benzene rings is 16. The van der Waals surface area contributed by atoms with Gasteiger partial charge < -0.3 is 26.4 Å². The van der Waals surface area contributed by atoms with Crippen molar-refractivity contribution in [3.63, 3.8) is 0 Å². The molecule has 0 atom stereocenters. The summed E-state index contributed by atoms with van der Waals surface area (Å²) >= 11 is 0. The molecule has 0 spiro atoms. The molecule has 20 rings (SSSR count). The van der Waals surface area contributed by atoms with Crippen molar-refractivity contribution in [2.75, 3.05) is 7.11 Å². The summed E-state index contributed by atoms with van der Waals surface area (Å²) in [6, 6.07) is 101. The number of esters is 1. The van der Waals surface area contributed by atoms with Crippen LogP contribution in [0, 0.1) is 0 Å². The summed E-state index contributed by atoms with van der Waals surface area (Å²) in [5, 5.41) is 27.4. The van der Waals surface area contributed by atoms with E-state index < -0.39 is 45.8 Å². The van der Waals surface area contributed by atoms with E-state index >= 15 is 19.2 Å². The Labute approximate surface area is 612 Å². The number of rotatable bonds is 7. The average molecular weight is 1370 g/mol. The quantitative estimate of drug-likeness (QED) is 0.117. The molecule has 0 saturated heterocycles. The molecule has 3 amide bonds. The van der Waals surface area contributed by atoms with Crippen molar-refractivity contribution < 1.29 is 23.9 Å². The van der Waals surface area contributed by atoms with Gasteiger partial charge in [-0.25, -0.2) is 4.79 Å². The molecule has 9 heteroatoms. The molecule has 510 valence electrons. The third kappa shape index (κ3) is 9.79. The molecule has 0 unspecified atom stereocenters. The van der Waals surface area contributed by atoms with Gasteiger partial charge in [0.05, 0.1) is 7.11 Å². The van der Waals surface area contributed by atoms with Gasteiger partial charge in [0.25, 0.3) is 0 Å². The number of amides is 3. The zero-order valence-corrected chi connectivity index (χ0v) is 58.5. The highest BCUT2D eigenvalue weighted by Crippen LogP contribution is 2.51. The van der Waals surface area contributed by atoms with Crippen molar-refractivity contribution >= 4 is 110 Å². The summed E-state index contributed by atoms with van der Waals surface area (Å²) in [7, 11) is 1.39. The number of carbonyl (C=O) groups is 4. The first-order valence-corrected chi connectivity index (χ1v) is 36.8. The molecule has 4 aliphatic carbocycles. The molecule has 16 aromatic rings. The van der Waals surface area contributed by atoms with Gasteiger partial charge in [0.1, 0.15) is 22.2 Å². The Hall–Kier alpha value is -12.6. The summed E-state index contributed by atoms with van der Waals surface area (Å²) in [4.78, 5) is 69.1. The largest absolute Gasteiger partial charge is 0.467 e. The lowest BCUT2D eigenvalue weighted by Gasteiger charge is -2.42. The number of hydrogen-bond donors (Lipinski definition) is 4. The minimum Gasteiger partial charge on any atom is -0.467 e. The molecular weight excluding hydrogens is 1300 g/mol. The highest BCUT2D eigenvalue weighted by molar-refractivity contribution is 6.15.